The van der Waals surface area contributed by atoms with E-state index in [9.17, 15) is 9.59 Å². The fraction of sp³-hybridized carbons (Fsp3) is 0.182. The molecular formula is C33H29BrN2O6S. The summed E-state index contributed by atoms with van der Waals surface area (Å²) in [5, 5.41) is 0. The topological polar surface area (TPSA) is 88.4 Å². The standard InChI is InChI=1S/C33H29BrN2O6S/c1-5-15-42-30-24(34)16-20(17-25(30)40-4)18-26-31(37)36-29(22-13-10-14-23(19-22)39-3)27(32(38)41-6-2)28(35-33(36)43-26)21-11-8-7-9-12-21/h5,7-14,16-19,29H,1,6,15H2,2-4H3/b26-18-/t29-/m0/s1. The van der Waals surface area contributed by atoms with Gasteiger partial charge in [0.25, 0.3) is 5.56 Å². The number of hydrogen-bond donors (Lipinski definition) is 0. The number of aromatic nitrogens is 1. The van der Waals surface area contributed by atoms with Crippen molar-refractivity contribution < 1.29 is 23.7 Å². The van der Waals surface area contributed by atoms with Crippen LogP contribution in [0.1, 0.15) is 29.7 Å². The zero-order chi connectivity index (χ0) is 30.5. The molecule has 0 saturated heterocycles. The Morgan fingerprint density at radius 2 is 1.88 bits per heavy atom. The van der Waals surface area contributed by atoms with E-state index in [1.807, 2.05) is 60.7 Å². The molecule has 43 heavy (non-hydrogen) atoms. The average molecular weight is 662 g/mol. The number of esters is 1. The Kier molecular flexibility index (Phi) is 9.27. The molecule has 8 nitrogen and oxygen atoms in total. The maximum absolute atomic E-state index is 14.2. The van der Waals surface area contributed by atoms with Crippen LogP contribution in [0.2, 0.25) is 0 Å². The number of carbonyl (C=O) groups is 1. The summed E-state index contributed by atoms with van der Waals surface area (Å²) in [6.45, 7) is 5.92. The van der Waals surface area contributed by atoms with Gasteiger partial charge in [-0.25, -0.2) is 9.79 Å². The van der Waals surface area contributed by atoms with Gasteiger partial charge in [0.2, 0.25) is 0 Å². The molecule has 1 aliphatic heterocycles. The van der Waals surface area contributed by atoms with Crippen LogP contribution in [0.5, 0.6) is 17.2 Å². The van der Waals surface area contributed by atoms with E-state index >= 15 is 0 Å². The zero-order valence-corrected chi connectivity index (χ0v) is 26.2. The predicted octanol–water partition coefficient (Wildman–Crippen LogP) is 5.28. The molecule has 3 aromatic carbocycles. The molecule has 0 saturated carbocycles. The van der Waals surface area contributed by atoms with Crippen molar-refractivity contribution >= 4 is 45.0 Å². The van der Waals surface area contributed by atoms with Crippen molar-refractivity contribution in [1.29, 1.82) is 0 Å². The van der Waals surface area contributed by atoms with Gasteiger partial charge in [0, 0.05) is 5.56 Å². The minimum atomic E-state index is -0.807. The molecule has 0 spiro atoms. The van der Waals surface area contributed by atoms with E-state index < -0.39 is 12.0 Å². The Labute approximate surface area is 261 Å². The first-order valence-corrected chi connectivity index (χ1v) is 15.0. The van der Waals surface area contributed by atoms with Gasteiger partial charge in [-0.1, -0.05) is 66.5 Å². The lowest BCUT2D eigenvalue weighted by Crippen LogP contribution is -2.40. The third-order valence-electron chi connectivity index (χ3n) is 6.68. The lowest BCUT2D eigenvalue weighted by atomic mass is 9.93. The van der Waals surface area contributed by atoms with E-state index in [4.69, 9.17) is 23.9 Å². The van der Waals surface area contributed by atoms with E-state index in [1.54, 1.807) is 43.9 Å². The number of benzene rings is 3. The van der Waals surface area contributed by atoms with E-state index in [1.165, 1.54) is 11.3 Å². The molecule has 10 heteroatoms. The molecule has 1 aromatic heterocycles. The second-order valence-corrected chi connectivity index (χ2v) is 11.2. The third kappa shape index (κ3) is 6.07. The number of halogens is 1. The summed E-state index contributed by atoms with van der Waals surface area (Å²) in [5.41, 5.74) is 2.56. The van der Waals surface area contributed by atoms with Crippen LogP contribution < -0.4 is 29.1 Å². The van der Waals surface area contributed by atoms with E-state index in [0.717, 1.165) is 5.56 Å². The molecule has 0 fully saturated rings. The van der Waals surface area contributed by atoms with Gasteiger partial charge in [-0.05, 0) is 64.3 Å². The van der Waals surface area contributed by atoms with Gasteiger partial charge in [0.05, 0.1) is 47.1 Å². The molecular weight excluding hydrogens is 632 g/mol. The molecule has 0 radical (unpaired) electrons. The van der Waals surface area contributed by atoms with Crippen molar-refractivity contribution in [2.75, 3.05) is 27.4 Å². The van der Waals surface area contributed by atoms with Crippen LogP contribution >= 0.6 is 27.3 Å². The third-order valence-corrected chi connectivity index (χ3v) is 8.25. The first kappa shape index (κ1) is 30.1. The number of fused-ring (bicyclic) bond motifs is 1. The molecule has 0 amide bonds. The number of rotatable bonds is 10. The highest BCUT2D eigenvalue weighted by Gasteiger charge is 2.35. The number of carbonyl (C=O) groups excluding carboxylic acids is 1. The van der Waals surface area contributed by atoms with Crippen LogP contribution in [0, 0.1) is 0 Å². The van der Waals surface area contributed by atoms with Crippen molar-refractivity contribution in [2.45, 2.75) is 13.0 Å². The SMILES string of the molecule is C=CCOc1c(Br)cc(/C=c2\sc3n(c2=O)[C@@H](c2cccc(OC)c2)C(C(=O)OCC)=C(c2ccccc2)N=3)cc1OC. The minimum absolute atomic E-state index is 0.170. The van der Waals surface area contributed by atoms with Crippen LogP contribution in [-0.2, 0) is 9.53 Å². The number of ether oxygens (including phenoxy) is 4. The van der Waals surface area contributed by atoms with Gasteiger partial charge >= 0.3 is 5.97 Å². The Hall–Kier alpha value is -4.41. The summed E-state index contributed by atoms with van der Waals surface area (Å²) >= 11 is 4.79. The first-order chi connectivity index (χ1) is 20.9. The Bertz CT molecular complexity index is 1890. The smallest absolute Gasteiger partial charge is 0.338 e. The molecule has 220 valence electrons. The van der Waals surface area contributed by atoms with Gasteiger partial charge in [0.1, 0.15) is 12.4 Å². The lowest BCUT2D eigenvalue weighted by molar-refractivity contribution is -0.138. The summed E-state index contributed by atoms with van der Waals surface area (Å²) < 4.78 is 25.0. The average Bonchev–Trinajstić information content (AvgIpc) is 3.33. The van der Waals surface area contributed by atoms with Gasteiger partial charge < -0.3 is 18.9 Å². The summed E-state index contributed by atoms with van der Waals surface area (Å²) in [4.78, 5) is 33.1. The van der Waals surface area contributed by atoms with E-state index in [2.05, 4.69) is 22.5 Å². The number of thiazole rings is 1. The largest absolute Gasteiger partial charge is 0.497 e. The molecule has 1 aliphatic rings. The molecule has 0 aliphatic carbocycles. The van der Waals surface area contributed by atoms with Crippen LogP contribution in [0.25, 0.3) is 11.8 Å². The Morgan fingerprint density at radius 3 is 2.58 bits per heavy atom. The summed E-state index contributed by atoms with van der Waals surface area (Å²) in [7, 11) is 3.12. The fourth-order valence-electron chi connectivity index (χ4n) is 4.82. The van der Waals surface area contributed by atoms with Crippen LogP contribution in [-0.4, -0.2) is 38.0 Å². The first-order valence-electron chi connectivity index (χ1n) is 13.4. The molecule has 0 N–H and O–H groups in total. The predicted molar refractivity (Wildman–Crippen MR) is 170 cm³/mol. The number of nitrogens with zero attached hydrogens (tertiary/aromatic N) is 2. The zero-order valence-electron chi connectivity index (χ0n) is 23.8. The monoisotopic (exact) mass is 660 g/mol. The van der Waals surface area contributed by atoms with Gasteiger partial charge in [-0.3, -0.25) is 9.36 Å². The molecule has 2 heterocycles. The second kappa shape index (κ2) is 13.3. The second-order valence-electron chi connectivity index (χ2n) is 9.34. The molecule has 0 unspecified atom stereocenters. The Morgan fingerprint density at radius 1 is 1.09 bits per heavy atom. The fourth-order valence-corrected chi connectivity index (χ4v) is 6.40. The van der Waals surface area contributed by atoms with Gasteiger partial charge in [-0.2, -0.15) is 0 Å². The number of hydrogen-bond acceptors (Lipinski definition) is 8. The van der Waals surface area contributed by atoms with Crippen molar-refractivity contribution in [3.8, 4) is 17.2 Å². The van der Waals surface area contributed by atoms with Crippen molar-refractivity contribution in [3.05, 3.63) is 126 Å². The molecule has 0 bridgehead atoms. The summed E-state index contributed by atoms with van der Waals surface area (Å²) in [5.74, 6) is 1.08. The van der Waals surface area contributed by atoms with Gasteiger partial charge in [-0.15, -0.1) is 0 Å². The quantitative estimate of drug-likeness (QED) is 0.170. The highest BCUT2D eigenvalue weighted by molar-refractivity contribution is 9.10. The number of methoxy groups -OCH3 is 2. The van der Waals surface area contributed by atoms with Crippen LogP contribution in [0.4, 0.5) is 0 Å². The maximum Gasteiger partial charge on any atom is 0.338 e. The van der Waals surface area contributed by atoms with E-state index in [0.29, 0.717) is 54.5 Å². The Balaban J connectivity index is 1.78. The van der Waals surface area contributed by atoms with Crippen LogP contribution in [0.15, 0.2) is 99.2 Å². The van der Waals surface area contributed by atoms with Crippen molar-refractivity contribution in [2.24, 2.45) is 4.99 Å². The van der Waals surface area contributed by atoms with Crippen molar-refractivity contribution in [3.63, 3.8) is 0 Å². The van der Waals surface area contributed by atoms with Crippen LogP contribution in [0.3, 0.4) is 0 Å². The highest BCUT2D eigenvalue weighted by Crippen LogP contribution is 2.38. The lowest BCUT2D eigenvalue weighted by Gasteiger charge is -2.26. The molecule has 1 atom stereocenters. The minimum Gasteiger partial charge on any atom is -0.497 e. The molecule has 5 rings (SSSR count). The summed E-state index contributed by atoms with van der Waals surface area (Å²) in [6.07, 6.45) is 3.42. The van der Waals surface area contributed by atoms with Gasteiger partial charge in [0.15, 0.2) is 16.3 Å². The van der Waals surface area contributed by atoms with Crippen molar-refractivity contribution in [1.82, 2.24) is 4.57 Å². The summed E-state index contributed by atoms with van der Waals surface area (Å²) in [6, 6.07) is 19.6. The maximum atomic E-state index is 14.2. The normalized spacial score (nSPS) is 14.5. The molecule has 4 aromatic rings. The highest BCUT2D eigenvalue weighted by atomic mass is 79.9. The van der Waals surface area contributed by atoms with E-state index in [-0.39, 0.29) is 17.7 Å².